The summed E-state index contributed by atoms with van der Waals surface area (Å²) in [5.74, 6) is 0. The van der Waals surface area contributed by atoms with Gasteiger partial charge in [-0.25, -0.2) is 0 Å². The van der Waals surface area contributed by atoms with Crippen LogP contribution in [0.15, 0.2) is 108 Å². The van der Waals surface area contributed by atoms with Crippen LogP contribution < -0.4 is 0 Å². The van der Waals surface area contributed by atoms with E-state index in [4.69, 9.17) is 0 Å². The third kappa shape index (κ3) is 5.66. The third-order valence-corrected chi connectivity index (χ3v) is 27.0. The van der Waals surface area contributed by atoms with Crippen LogP contribution in [-0.4, -0.2) is 6.88 Å². The minimum Gasteiger partial charge on any atom is -0.147 e. The van der Waals surface area contributed by atoms with Crippen molar-refractivity contribution in [2.45, 2.75) is 56.0 Å². The van der Waals surface area contributed by atoms with E-state index in [0.717, 1.165) is 0 Å². The van der Waals surface area contributed by atoms with Gasteiger partial charge in [-0.1, -0.05) is 0 Å². The Bertz CT molecular complexity index is 1580. The predicted molar refractivity (Wildman–Crippen MR) is 190 cm³/mol. The Morgan fingerprint density at radius 3 is 1.29 bits per heavy atom. The van der Waals surface area contributed by atoms with Crippen molar-refractivity contribution >= 4 is 43.8 Å². The van der Waals surface area contributed by atoms with Gasteiger partial charge >= 0.3 is 245 Å². The van der Waals surface area contributed by atoms with E-state index < -0.39 is 17.4 Å². The van der Waals surface area contributed by atoms with Crippen LogP contribution in [0.5, 0.6) is 0 Å². The molecule has 2 aliphatic rings. The van der Waals surface area contributed by atoms with Gasteiger partial charge in [0.1, 0.15) is 0 Å². The molecule has 2 atom stereocenters. The Kier molecular flexibility index (Phi) is 10.2. The van der Waals surface area contributed by atoms with E-state index in [1.807, 2.05) is 0 Å². The standard InChI is InChI=1S/2C18H17.2CH3.2ClH.H2Si.Zr/c2*1-2-7-14-12-16-10-6-11-17(18(16)13-14)15-8-4-3-5-9-15;;;;;;/h2*3-6,8-13H,2,7H2,1H3;2*1H3;2*1H;1H2;. The monoisotopic (exact) mass is 688 g/mol. The van der Waals surface area contributed by atoms with E-state index in [0.29, 0.717) is 7.25 Å². The number of hydrogen-bond donors (Lipinski definition) is 0. The summed E-state index contributed by atoms with van der Waals surface area (Å²) in [6.45, 7) is 7.18. The fourth-order valence-electron chi connectivity index (χ4n) is 8.08. The predicted octanol–water partition coefficient (Wildman–Crippen LogP) is 11.4. The van der Waals surface area contributed by atoms with Gasteiger partial charge < -0.3 is 0 Å². The molecule has 0 aromatic heterocycles. The number of benzene rings is 4. The van der Waals surface area contributed by atoms with Gasteiger partial charge in [-0.2, -0.15) is 0 Å². The van der Waals surface area contributed by atoms with Crippen LogP contribution in [0.25, 0.3) is 34.4 Å². The van der Waals surface area contributed by atoms with E-state index in [9.17, 15) is 0 Å². The first-order valence-corrected chi connectivity index (χ1v) is 28.8. The Morgan fingerprint density at radius 2 is 0.929 bits per heavy atom. The van der Waals surface area contributed by atoms with Crippen LogP contribution in [0.1, 0.15) is 69.0 Å². The number of allylic oxidation sites excluding steroid dienone is 2. The molecule has 0 aliphatic heterocycles. The van der Waals surface area contributed by atoms with Gasteiger partial charge in [0.05, 0.1) is 0 Å². The molecule has 4 aromatic carbocycles. The molecule has 6 rings (SSSR count). The normalized spacial score (nSPS) is 17.4. The zero-order valence-electron chi connectivity index (χ0n) is 25.4. The molecule has 0 N–H and O–H groups in total. The van der Waals surface area contributed by atoms with Crippen LogP contribution in [0, 0.1) is 0 Å². The first kappa shape index (κ1) is 32.9. The van der Waals surface area contributed by atoms with Crippen molar-refractivity contribution in [1.29, 1.82) is 0 Å². The van der Waals surface area contributed by atoms with E-state index in [-0.39, 0.29) is 24.8 Å². The molecule has 0 nitrogen and oxygen atoms in total. The second-order valence-electron chi connectivity index (χ2n) is 13.1. The average Bonchev–Trinajstić information content (AvgIpc) is 3.53. The number of hydrogen-bond acceptors (Lipinski definition) is 0. The maximum Gasteiger partial charge on any atom is -0.147 e. The minimum atomic E-state index is -3.60. The van der Waals surface area contributed by atoms with E-state index in [1.165, 1.54) is 59.1 Å². The molecular formula is C38H44Cl2SiZr. The number of rotatable bonds is 8. The molecule has 0 saturated carbocycles. The molecule has 0 amide bonds. The summed E-state index contributed by atoms with van der Waals surface area (Å²) >= 11 is -3.60. The summed E-state index contributed by atoms with van der Waals surface area (Å²) < 4.78 is 6.71. The second-order valence-corrected chi connectivity index (χ2v) is 43.6. The van der Waals surface area contributed by atoms with Crippen LogP contribution >= 0.6 is 24.8 Å². The van der Waals surface area contributed by atoms with Crippen molar-refractivity contribution in [3.8, 4) is 22.3 Å². The molecule has 4 aromatic rings. The summed E-state index contributed by atoms with van der Waals surface area (Å²) in [5, 5.41) is 0. The summed E-state index contributed by atoms with van der Waals surface area (Å²) in [6, 6.07) is 36.3. The van der Waals surface area contributed by atoms with E-state index >= 15 is 0 Å². The summed E-state index contributed by atoms with van der Waals surface area (Å²) in [4.78, 5) is 0. The van der Waals surface area contributed by atoms with Crippen LogP contribution in [-0.2, 0) is 17.4 Å². The maximum atomic E-state index is 2.79. The van der Waals surface area contributed by atoms with Crippen molar-refractivity contribution in [1.82, 2.24) is 0 Å². The van der Waals surface area contributed by atoms with Crippen LogP contribution in [0.3, 0.4) is 0 Å². The Balaban J connectivity index is 0.00000202. The molecule has 4 heteroatoms. The fourth-order valence-corrected chi connectivity index (χ4v) is 28.0. The van der Waals surface area contributed by atoms with Gasteiger partial charge in [0.2, 0.25) is 0 Å². The topological polar surface area (TPSA) is 0 Å². The fraction of sp³-hybridized carbons (Fsp3) is 0.263. The van der Waals surface area contributed by atoms with Crippen molar-refractivity contribution in [3.05, 3.63) is 130 Å². The summed E-state index contributed by atoms with van der Waals surface area (Å²) in [5.41, 5.74) is 15.0. The Hall–Kier alpha value is -1.96. The first-order valence-electron chi connectivity index (χ1n) is 15.2. The van der Waals surface area contributed by atoms with Gasteiger partial charge in [-0.3, -0.25) is 0 Å². The van der Waals surface area contributed by atoms with Crippen molar-refractivity contribution in [2.75, 3.05) is 0 Å². The molecule has 0 saturated heterocycles. The van der Waals surface area contributed by atoms with Crippen LogP contribution in [0.4, 0.5) is 0 Å². The SMILES string of the molecule is CCCC1=Cc2c(-c3ccccc3)cccc2[CH]1[Zr]([CH3])([CH3])(=[SiH2])[CH]1C(CCC)=Cc2c(-c3ccccc3)cccc21.Cl.Cl. The maximum absolute atomic E-state index is 3.60. The molecule has 42 heavy (non-hydrogen) atoms. The molecule has 0 radical (unpaired) electrons. The molecule has 2 aliphatic carbocycles. The van der Waals surface area contributed by atoms with E-state index in [2.05, 4.69) is 139 Å². The molecule has 0 spiro atoms. The van der Waals surface area contributed by atoms with Gasteiger partial charge in [-0.15, -0.1) is 24.8 Å². The minimum absolute atomic E-state index is 0. The first-order chi connectivity index (χ1) is 19.3. The van der Waals surface area contributed by atoms with Crippen molar-refractivity contribution in [3.63, 3.8) is 0 Å². The number of fused-ring (bicyclic) bond motifs is 2. The second kappa shape index (κ2) is 13.0. The summed E-state index contributed by atoms with van der Waals surface area (Å²) in [7, 11) is 0. The Morgan fingerprint density at radius 1 is 0.548 bits per heavy atom. The van der Waals surface area contributed by atoms with Crippen molar-refractivity contribution < 1.29 is 17.4 Å². The average molecular weight is 691 g/mol. The van der Waals surface area contributed by atoms with Crippen LogP contribution in [0.2, 0.25) is 9.26 Å². The van der Waals surface area contributed by atoms with Gasteiger partial charge in [0, 0.05) is 0 Å². The van der Waals surface area contributed by atoms with Gasteiger partial charge in [0.15, 0.2) is 0 Å². The molecule has 218 valence electrons. The Labute approximate surface area is 268 Å². The van der Waals surface area contributed by atoms with Crippen molar-refractivity contribution in [2.24, 2.45) is 0 Å². The molecule has 0 bridgehead atoms. The largest absolute Gasteiger partial charge is 0.147 e. The smallest absolute Gasteiger partial charge is 0.147 e. The molecular weight excluding hydrogens is 647 g/mol. The molecule has 0 fully saturated rings. The van der Waals surface area contributed by atoms with E-state index in [1.54, 1.807) is 22.3 Å². The van der Waals surface area contributed by atoms with Gasteiger partial charge in [0.25, 0.3) is 0 Å². The third-order valence-electron chi connectivity index (χ3n) is 9.45. The van der Waals surface area contributed by atoms with Gasteiger partial charge in [-0.05, 0) is 0 Å². The quantitative estimate of drug-likeness (QED) is 0.161. The zero-order chi connectivity index (χ0) is 27.9. The molecule has 0 heterocycles. The molecule has 2 unspecified atom stereocenters. The zero-order valence-corrected chi connectivity index (χ0v) is 30.9. The number of halogens is 2. The summed E-state index contributed by atoms with van der Waals surface area (Å²) in [6.07, 6.45) is 9.99.